The highest BCUT2D eigenvalue weighted by molar-refractivity contribution is 6.04. The SMILES string of the molecule is CCCCn1c(=O)c(CCC(=O)OCC(=O)Nc2ccccc2C(C)=O)nc2ccccc21. The third-order valence-corrected chi connectivity index (χ3v) is 5.17. The average Bonchev–Trinajstić information content (AvgIpc) is 2.81. The maximum absolute atomic E-state index is 12.9. The molecule has 0 spiro atoms. The number of esters is 1. The molecule has 0 fully saturated rings. The summed E-state index contributed by atoms with van der Waals surface area (Å²) >= 11 is 0. The van der Waals surface area contributed by atoms with Crippen molar-refractivity contribution >= 4 is 34.4 Å². The molecule has 3 rings (SSSR count). The Bertz CT molecular complexity index is 1230. The minimum absolute atomic E-state index is 0.0777. The lowest BCUT2D eigenvalue weighted by Gasteiger charge is -2.12. The van der Waals surface area contributed by atoms with E-state index in [1.54, 1.807) is 28.8 Å². The Kier molecular flexibility index (Phi) is 8.07. The van der Waals surface area contributed by atoms with Crippen molar-refractivity contribution in [1.29, 1.82) is 0 Å². The van der Waals surface area contributed by atoms with E-state index in [2.05, 4.69) is 17.2 Å². The number of carbonyl (C=O) groups excluding carboxylic acids is 3. The van der Waals surface area contributed by atoms with Crippen molar-refractivity contribution in [2.24, 2.45) is 0 Å². The predicted molar refractivity (Wildman–Crippen MR) is 125 cm³/mol. The number of nitrogens with zero attached hydrogens (tertiary/aromatic N) is 2. The molecule has 3 aromatic rings. The van der Waals surface area contributed by atoms with Crippen LogP contribution in [0.4, 0.5) is 5.69 Å². The van der Waals surface area contributed by atoms with Crippen molar-refractivity contribution in [1.82, 2.24) is 9.55 Å². The second kappa shape index (κ2) is 11.2. The third kappa shape index (κ3) is 6.12. The number of ketones is 1. The molecular weight excluding hydrogens is 422 g/mol. The number of unbranched alkanes of at least 4 members (excludes halogenated alkanes) is 1. The Morgan fingerprint density at radius 1 is 1.06 bits per heavy atom. The van der Waals surface area contributed by atoms with Gasteiger partial charge in [0, 0.05) is 18.5 Å². The number of fused-ring (bicyclic) bond motifs is 1. The maximum Gasteiger partial charge on any atom is 0.306 e. The third-order valence-electron chi connectivity index (χ3n) is 5.17. The van der Waals surface area contributed by atoms with Crippen molar-refractivity contribution in [2.75, 3.05) is 11.9 Å². The number of hydrogen-bond donors (Lipinski definition) is 1. The van der Waals surface area contributed by atoms with E-state index in [1.165, 1.54) is 6.92 Å². The minimum atomic E-state index is -0.612. The molecule has 172 valence electrons. The number of ether oxygens (including phenoxy) is 1. The molecule has 0 atom stereocenters. The fourth-order valence-corrected chi connectivity index (χ4v) is 3.47. The van der Waals surface area contributed by atoms with Crippen molar-refractivity contribution in [2.45, 2.75) is 46.1 Å². The first-order valence-corrected chi connectivity index (χ1v) is 10.9. The quantitative estimate of drug-likeness (QED) is 0.375. The largest absolute Gasteiger partial charge is 0.456 e. The number of Topliss-reactive ketones (excluding diaryl/α,β-unsaturated/α-hetero) is 1. The highest BCUT2D eigenvalue weighted by Gasteiger charge is 2.15. The summed E-state index contributed by atoms with van der Waals surface area (Å²) in [6.07, 6.45) is 1.84. The fourth-order valence-electron chi connectivity index (χ4n) is 3.47. The van der Waals surface area contributed by atoms with Crippen LogP contribution in [0.3, 0.4) is 0 Å². The Morgan fingerprint density at radius 3 is 2.55 bits per heavy atom. The van der Waals surface area contributed by atoms with Gasteiger partial charge in [-0.15, -0.1) is 0 Å². The van der Waals surface area contributed by atoms with Crippen LogP contribution in [-0.4, -0.2) is 33.8 Å². The highest BCUT2D eigenvalue weighted by Crippen LogP contribution is 2.15. The summed E-state index contributed by atoms with van der Waals surface area (Å²) in [5, 5.41) is 2.57. The summed E-state index contributed by atoms with van der Waals surface area (Å²) in [6, 6.07) is 14.0. The number of aryl methyl sites for hydroxylation is 2. The van der Waals surface area contributed by atoms with Gasteiger partial charge in [-0.25, -0.2) is 4.98 Å². The van der Waals surface area contributed by atoms with Gasteiger partial charge in [-0.2, -0.15) is 0 Å². The molecule has 2 aromatic carbocycles. The van der Waals surface area contributed by atoms with Gasteiger partial charge < -0.3 is 14.6 Å². The zero-order valence-electron chi connectivity index (χ0n) is 18.8. The van der Waals surface area contributed by atoms with E-state index < -0.39 is 18.5 Å². The molecule has 0 aliphatic carbocycles. The molecular formula is C25H27N3O5. The van der Waals surface area contributed by atoms with E-state index in [0.717, 1.165) is 18.4 Å². The second-order valence-electron chi connectivity index (χ2n) is 7.67. The summed E-state index contributed by atoms with van der Waals surface area (Å²) in [6.45, 7) is 3.55. The van der Waals surface area contributed by atoms with Crippen molar-refractivity contribution < 1.29 is 19.1 Å². The van der Waals surface area contributed by atoms with E-state index >= 15 is 0 Å². The molecule has 0 saturated carbocycles. The first-order chi connectivity index (χ1) is 15.9. The second-order valence-corrected chi connectivity index (χ2v) is 7.67. The Labute approximate surface area is 191 Å². The molecule has 0 aliphatic rings. The molecule has 0 aliphatic heterocycles. The average molecular weight is 450 g/mol. The topological polar surface area (TPSA) is 107 Å². The number of para-hydroxylation sites is 3. The van der Waals surface area contributed by atoms with Gasteiger partial charge in [-0.3, -0.25) is 19.2 Å². The molecule has 8 nitrogen and oxygen atoms in total. The summed E-state index contributed by atoms with van der Waals surface area (Å²) < 4.78 is 6.75. The zero-order chi connectivity index (χ0) is 23.8. The summed E-state index contributed by atoms with van der Waals surface area (Å²) in [4.78, 5) is 53.3. The van der Waals surface area contributed by atoms with Crippen LogP contribution in [0.2, 0.25) is 0 Å². The summed E-state index contributed by atoms with van der Waals surface area (Å²) in [5.41, 5.74) is 2.28. The lowest BCUT2D eigenvalue weighted by Crippen LogP contribution is -2.27. The molecule has 0 unspecified atom stereocenters. The van der Waals surface area contributed by atoms with Crippen LogP contribution in [-0.2, 0) is 27.3 Å². The maximum atomic E-state index is 12.9. The number of hydrogen-bond acceptors (Lipinski definition) is 6. The van der Waals surface area contributed by atoms with Crippen LogP contribution in [0.15, 0.2) is 53.3 Å². The van der Waals surface area contributed by atoms with Gasteiger partial charge in [0.2, 0.25) is 0 Å². The van der Waals surface area contributed by atoms with Gasteiger partial charge in [0.05, 0.1) is 23.1 Å². The summed E-state index contributed by atoms with van der Waals surface area (Å²) in [7, 11) is 0. The number of rotatable bonds is 10. The molecule has 0 bridgehead atoms. The van der Waals surface area contributed by atoms with Crippen LogP contribution < -0.4 is 10.9 Å². The number of anilines is 1. The van der Waals surface area contributed by atoms with Crippen molar-refractivity contribution in [3.63, 3.8) is 0 Å². The number of aromatic nitrogens is 2. The monoisotopic (exact) mass is 449 g/mol. The fraction of sp³-hybridized carbons (Fsp3) is 0.320. The Balaban J connectivity index is 1.61. The highest BCUT2D eigenvalue weighted by atomic mass is 16.5. The number of nitrogens with one attached hydrogen (secondary N) is 1. The molecule has 0 saturated heterocycles. The zero-order valence-corrected chi connectivity index (χ0v) is 18.8. The molecule has 1 heterocycles. The molecule has 8 heteroatoms. The molecule has 0 radical (unpaired) electrons. The molecule has 1 amide bonds. The molecule has 1 N–H and O–H groups in total. The van der Waals surface area contributed by atoms with Gasteiger partial charge in [0.25, 0.3) is 11.5 Å². The standard InChI is InChI=1S/C25H27N3O5/c1-3-4-15-28-22-12-8-7-11-20(22)26-21(25(28)32)13-14-24(31)33-16-23(30)27-19-10-6-5-9-18(19)17(2)29/h5-12H,3-4,13-16H2,1-2H3,(H,27,30). The normalized spacial score (nSPS) is 10.7. The molecule has 1 aromatic heterocycles. The van der Waals surface area contributed by atoms with Crippen LogP contribution in [0.1, 0.15) is 49.2 Å². The van der Waals surface area contributed by atoms with E-state index in [4.69, 9.17) is 4.74 Å². The number of amides is 1. The lowest BCUT2D eigenvalue weighted by atomic mass is 10.1. The van der Waals surface area contributed by atoms with Crippen LogP contribution in [0, 0.1) is 0 Å². The molecule has 33 heavy (non-hydrogen) atoms. The first-order valence-electron chi connectivity index (χ1n) is 10.9. The first kappa shape index (κ1) is 23.8. The number of benzene rings is 2. The van der Waals surface area contributed by atoms with Gasteiger partial charge >= 0.3 is 5.97 Å². The van der Waals surface area contributed by atoms with E-state index in [-0.39, 0.29) is 24.2 Å². The van der Waals surface area contributed by atoms with E-state index in [9.17, 15) is 19.2 Å². The smallest absolute Gasteiger partial charge is 0.306 e. The summed E-state index contributed by atoms with van der Waals surface area (Å²) in [5.74, 6) is -1.35. The van der Waals surface area contributed by atoms with Crippen molar-refractivity contribution in [3.05, 3.63) is 70.1 Å². The van der Waals surface area contributed by atoms with Gasteiger partial charge in [0.1, 0.15) is 5.69 Å². The van der Waals surface area contributed by atoms with Crippen molar-refractivity contribution in [3.8, 4) is 0 Å². The van der Waals surface area contributed by atoms with Gasteiger partial charge in [0.15, 0.2) is 12.4 Å². The number of carbonyl (C=O) groups is 3. The van der Waals surface area contributed by atoms with E-state index in [1.807, 2.05) is 24.3 Å². The van der Waals surface area contributed by atoms with Crippen LogP contribution in [0.5, 0.6) is 0 Å². The lowest BCUT2D eigenvalue weighted by molar-refractivity contribution is -0.147. The van der Waals surface area contributed by atoms with E-state index in [0.29, 0.717) is 29.0 Å². The van der Waals surface area contributed by atoms with Crippen LogP contribution in [0.25, 0.3) is 11.0 Å². The minimum Gasteiger partial charge on any atom is -0.456 e. The Morgan fingerprint density at radius 2 is 1.79 bits per heavy atom. The Hall–Kier alpha value is -3.81. The van der Waals surface area contributed by atoms with Crippen LogP contribution >= 0.6 is 0 Å². The predicted octanol–water partition coefficient (Wildman–Crippen LogP) is 3.51. The van der Waals surface area contributed by atoms with Gasteiger partial charge in [-0.05, 0) is 37.6 Å². The van der Waals surface area contributed by atoms with Gasteiger partial charge in [-0.1, -0.05) is 37.6 Å².